The van der Waals surface area contributed by atoms with E-state index in [1.165, 1.54) is 16.7 Å². The average Bonchev–Trinajstić information content (AvgIpc) is 2.69. The second-order valence-electron chi connectivity index (χ2n) is 5.79. The van der Waals surface area contributed by atoms with Gasteiger partial charge in [-0.2, -0.15) is 0 Å². The summed E-state index contributed by atoms with van der Waals surface area (Å²) in [4.78, 5) is 11.2. The molecule has 2 aliphatic rings. The van der Waals surface area contributed by atoms with Crippen molar-refractivity contribution in [3.63, 3.8) is 0 Å². The number of aromatic carboxylic acids is 1. The third-order valence-electron chi connectivity index (χ3n) is 4.66. The van der Waals surface area contributed by atoms with Crippen LogP contribution >= 0.6 is 0 Å². The summed E-state index contributed by atoms with van der Waals surface area (Å²) >= 11 is 0. The fourth-order valence-electron chi connectivity index (χ4n) is 3.72. The first-order valence-corrected chi connectivity index (χ1v) is 6.83. The summed E-state index contributed by atoms with van der Waals surface area (Å²) in [7, 11) is 0. The zero-order valence-corrected chi connectivity index (χ0v) is 11.2. The Bertz CT molecular complexity index is 738. The normalized spacial score (nSPS) is 25.9. The Morgan fingerprint density at radius 3 is 2.85 bits per heavy atom. The van der Waals surface area contributed by atoms with Gasteiger partial charge in [0, 0.05) is 6.04 Å². The smallest absolute Gasteiger partial charge is 0.335 e. The van der Waals surface area contributed by atoms with Crippen molar-refractivity contribution in [2.75, 3.05) is 0 Å². The van der Waals surface area contributed by atoms with Gasteiger partial charge in [-0.15, -0.1) is 0 Å². The van der Waals surface area contributed by atoms with E-state index in [0.29, 0.717) is 11.6 Å². The predicted molar refractivity (Wildman–Crippen MR) is 75.9 cm³/mol. The van der Waals surface area contributed by atoms with E-state index in [1.807, 2.05) is 18.2 Å². The van der Waals surface area contributed by atoms with Gasteiger partial charge in [-0.05, 0) is 47.7 Å². The Balaban J connectivity index is 1.98. The average molecular weight is 265 g/mol. The predicted octanol–water partition coefficient (Wildman–Crippen LogP) is 2.85. The first-order chi connectivity index (χ1) is 9.59. The molecule has 0 spiro atoms. The van der Waals surface area contributed by atoms with E-state index in [4.69, 9.17) is 0 Å². The van der Waals surface area contributed by atoms with E-state index in [9.17, 15) is 9.90 Å². The van der Waals surface area contributed by atoms with Crippen molar-refractivity contribution in [3.8, 4) is 0 Å². The first kappa shape index (κ1) is 11.7. The molecule has 2 atom stereocenters. The van der Waals surface area contributed by atoms with Gasteiger partial charge >= 0.3 is 5.97 Å². The number of fused-ring (bicyclic) bond motifs is 7. The summed E-state index contributed by atoms with van der Waals surface area (Å²) in [6, 6.07) is 14.3. The molecule has 3 heteroatoms. The van der Waals surface area contributed by atoms with Crippen LogP contribution in [0.1, 0.15) is 45.6 Å². The fraction of sp³-hybridized carbons (Fsp3) is 0.235. The largest absolute Gasteiger partial charge is 0.478 e. The van der Waals surface area contributed by atoms with Gasteiger partial charge in [0.05, 0.1) is 11.1 Å². The molecule has 2 heterocycles. The minimum atomic E-state index is -0.871. The number of hydrogen-bond acceptors (Lipinski definition) is 2. The second kappa shape index (κ2) is 3.70. The van der Waals surface area contributed by atoms with Crippen LogP contribution in [-0.2, 0) is 12.0 Å². The molecule has 2 aromatic rings. The second-order valence-corrected chi connectivity index (χ2v) is 5.79. The standard InChI is InChI=1S/C17H15NO2/c1-17-13-5-3-2-4-12(13)15(18-17)9-10-6-7-11(16(19)20)8-14(10)17/h2-8,15,18H,9H2,1H3,(H,19,20). The van der Waals surface area contributed by atoms with Crippen LogP contribution in [0, 0.1) is 0 Å². The molecule has 0 aromatic heterocycles. The fourth-order valence-corrected chi connectivity index (χ4v) is 3.72. The third-order valence-corrected chi connectivity index (χ3v) is 4.66. The molecule has 20 heavy (non-hydrogen) atoms. The molecule has 0 aliphatic carbocycles. The van der Waals surface area contributed by atoms with Crippen molar-refractivity contribution in [2.45, 2.75) is 24.9 Å². The molecule has 0 radical (unpaired) electrons. The topological polar surface area (TPSA) is 49.3 Å². The van der Waals surface area contributed by atoms with Crippen LogP contribution in [0.15, 0.2) is 42.5 Å². The third kappa shape index (κ3) is 1.36. The highest BCUT2D eigenvalue weighted by Crippen LogP contribution is 2.48. The highest BCUT2D eigenvalue weighted by atomic mass is 16.4. The molecule has 2 bridgehead atoms. The Hall–Kier alpha value is -2.13. The number of carboxylic acid groups (broad SMARTS) is 1. The van der Waals surface area contributed by atoms with Crippen LogP contribution in [-0.4, -0.2) is 11.1 Å². The molecule has 2 N–H and O–H groups in total. The summed E-state index contributed by atoms with van der Waals surface area (Å²) in [5, 5.41) is 12.9. The lowest BCUT2D eigenvalue weighted by Gasteiger charge is -2.34. The molecular formula is C17H15NO2. The van der Waals surface area contributed by atoms with Crippen molar-refractivity contribution >= 4 is 5.97 Å². The summed E-state index contributed by atoms with van der Waals surface area (Å²) in [6.45, 7) is 2.15. The van der Waals surface area contributed by atoms with Crippen LogP contribution in [0.5, 0.6) is 0 Å². The minimum absolute atomic E-state index is 0.277. The molecule has 2 aromatic carbocycles. The number of hydrogen-bond donors (Lipinski definition) is 2. The Morgan fingerprint density at radius 2 is 2.05 bits per heavy atom. The van der Waals surface area contributed by atoms with Gasteiger partial charge in [0.2, 0.25) is 0 Å². The van der Waals surface area contributed by atoms with Crippen LogP contribution in [0.25, 0.3) is 0 Å². The van der Waals surface area contributed by atoms with Gasteiger partial charge < -0.3 is 5.11 Å². The van der Waals surface area contributed by atoms with E-state index < -0.39 is 5.97 Å². The molecule has 3 nitrogen and oxygen atoms in total. The van der Waals surface area contributed by atoms with Crippen LogP contribution in [0.3, 0.4) is 0 Å². The van der Waals surface area contributed by atoms with Gasteiger partial charge in [0.1, 0.15) is 0 Å². The highest BCUT2D eigenvalue weighted by molar-refractivity contribution is 5.88. The van der Waals surface area contributed by atoms with E-state index in [2.05, 4.69) is 30.4 Å². The summed E-state index contributed by atoms with van der Waals surface area (Å²) in [6.07, 6.45) is 0.918. The summed E-state index contributed by atoms with van der Waals surface area (Å²) in [5.74, 6) is -0.871. The van der Waals surface area contributed by atoms with Crippen LogP contribution in [0.2, 0.25) is 0 Å². The van der Waals surface area contributed by atoms with Gasteiger partial charge in [0.25, 0.3) is 0 Å². The molecule has 2 aliphatic heterocycles. The van der Waals surface area contributed by atoms with E-state index in [-0.39, 0.29) is 5.54 Å². The molecule has 0 saturated carbocycles. The molecule has 0 amide bonds. The molecule has 100 valence electrons. The summed E-state index contributed by atoms with van der Waals surface area (Å²) < 4.78 is 0. The maximum absolute atomic E-state index is 11.2. The van der Waals surface area contributed by atoms with Crippen LogP contribution in [0.4, 0.5) is 0 Å². The molecule has 4 rings (SSSR count). The molecule has 0 saturated heterocycles. The number of benzene rings is 2. The highest BCUT2D eigenvalue weighted by Gasteiger charge is 2.45. The molecule has 0 fully saturated rings. The first-order valence-electron chi connectivity index (χ1n) is 6.83. The zero-order valence-electron chi connectivity index (χ0n) is 11.2. The maximum Gasteiger partial charge on any atom is 0.335 e. The minimum Gasteiger partial charge on any atom is -0.478 e. The van der Waals surface area contributed by atoms with Gasteiger partial charge in [-0.1, -0.05) is 30.3 Å². The molecular weight excluding hydrogens is 250 g/mol. The van der Waals surface area contributed by atoms with E-state index in [0.717, 1.165) is 12.0 Å². The van der Waals surface area contributed by atoms with Crippen molar-refractivity contribution in [3.05, 3.63) is 70.3 Å². The van der Waals surface area contributed by atoms with Gasteiger partial charge in [0.15, 0.2) is 0 Å². The zero-order chi connectivity index (χ0) is 13.9. The van der Waals surface area contributed by atoms with Crippen molar-refractivity contribution < 1.29 is 9.90 Å². The SMILES string of the molecule is CC12NC(Cc3ccc(C(=O)O)cc31)c1ccccc12. The monoisotopic (exact) mass is 265 g/mol. The van der Waals surface area contributed by atoms with Crippen LogP contribution < -0.4 is 5.32 Å². The lowest BCUT2D eigenvalue weighted by molar-refractivity contribution is 0.0696. The quantitative estimate of drug-likeness (QED) is 0.833. The van der Waals surface area contributed by atoms with E-state index in [1.54, 1.807) is 6.07 Å². The number of carboxylic acids is 1. The van der Waals surface area contributed by atoms with Gasteiger partial charge in [-0.3, -0.25) is 5.32 Å². The van der Waals surface area contributed by atoms with Crippen molar-refractivity contribution in [1.82, 2.24) is 5.32 Å². The number of nitrogens with one attached hydrogen (secondary N) is 1. The number of carbonyl (C=O) groups is 1. The number of rotatable bonds is 1. The Kier molecular flexibility index (Phi) is 2.16. The maximum atomic E-state index is 11.2. The molecule has 2 unspecified atom stereocenters. The lowest BCUT2D eigenvalue weighted by Crippen LogP contribution is -2.41. The summed E-state index contributed by atoms with van der Waals surface area (Å²) in [5.41, 5.74) is 5.03. The van der Waals surface area contributed by atoms with Crippen molar-refractivity contribution in [2.24, 2.45) is 0 Å². The Labute approximate surface area is 117 Å². The van der Waals surface area contributed by atoms with Crippen molar-refractivity contribution in [1.29, 1.82) is 0 Å². The lowest BCUT2D eigenvalue weighted by atomic mass is 9.81. The van der Waals surface area contributed by atoms with E-state index >= 15 is 0 Å². The Morgan fingerprint density at radius 1 is 1.25 bits per heavy atom. The van der Waals surface area contributed by atoms with Gasteiger partial charge in [-0.25, -0.2) is 4.79 Å².